The van der Waals surface area contributed by atoms with Crippen LogP contribution in [0.25, 0.3) is 16.9 Å². The van der Waals surface area contributed by atoms with Crippen LogP contribution in [0.4, 0.5) is 0 Å². The number of methoxy groups -OCH3 is 2. The standard InChI is InChI=1S/C18H19N3O4/c1-24-14-7-3-5-12(9-14)15-11-16-19-13(6-4-8-18(23)25-2)10-17(22)21(16)20-15/h3,5,7,9-11,20H,4,6,8H2,1-2H3. The van der Waals surface area contributed by atoms with Crippen molar-refractivity contribution in [2.75, 3.05) is 14.2 Å². The van der Waals surface area contributed by atoms with Gasteiger partial charge in [-0.1, -0.05) is 12.1 Å². The second-order valence-corrected chi connectivity index (χ2v) is 5.61. The molecular weight excluding hydrogens is 322 g/mol. The van der Waals surface area contributed by atoms with Crippen molar-refractivity contribution in [1.82, 2.24) is 14.6 Å². The first kappa shape index (κ1) is 16.8. The Morgan fingerprint density at radius 1 is 1.24 bits per heavy atom. The maximum atomic E-state index is 12.3. The van der Waals surface area contributed by atoms with E-state index in [-0.39, 0.29) is 11.5 Å². The largest absolute Gasteiger partial charge is 0.497 e. The minimum absolute atomic E-state index is 0.188. The number of aromatic nitrogens is 3. The molecule has 3 aromatic rings. The van der Waals surface area contributed by atoms with Gasteiger partial charge < -0.3 is 9.47 Å². The molecule has 0 radical (unpaired) electrons. The highest BCUT2D eigenvalue weighted by molar-refractivity contribution is 5.69. The van der Waals surface area contributed by atoms with Crippen molar-refractivity contribution in [2.45, 2.75) is 19.3 Å². The number of nitrogens with zero attached hydrogens (tertiary/aromatic N) is 2. The maximum absolute atomic E-state index is 12.3. The van der Waals surface area contributed by atoms with E-state index in [4.69, 9.17) is 4.74 Å². The fourth-order valence-corrected chi connectivity index (χ4v) is 2.62. The van der Waals surface area contributed by atoms with Crippen LogP contribution in [0.2, 0.25) is 0 Å². The molecule has 25 heavy (non-hydrogen) atoms. The number of carbonyl (C=O) groups is 1. The SMILES string of the molecule is COC(=O)CCCc1cc(=O)n2[nH]c(-c3cccc(OC)c3)cc2n1. The number of benzene rings is 1. The number of hydrogen-bond donors (Lipinski definition) is 1. The molecule has 0 spiro atoms. The van der Waals surface area contributed by atoms with Crippen molar-refractivity contribution in [3.05, 3.63) is 52.4 Å². The summed E-state index contributed by atoms with van der Waals surface area (Å²) in [6.45, 7) is 0. The van der Waals surface area contributed by atoms with Crippen LogP contribution in [0.5, 0.6) is 5.75 Å². The summed E-state index contributed by atoms with van der Waals surface area (Å²) in [5.41, 5.74) is 2.68. The number of esters is 1. The number of aryl methyl sites for hydroxylation is 1. The van der Waals surface area contributed by atoms with E-state index in [1.54, 1.807) is 7.11 Å². The molecule has 1 N–H and O–H groups in total. The molecule has 1 aromatic carbocycles. The van der Waals surface area contributed by atoms with Crippen LogP contribution in [0, 0.1) is 0 Å². The molecule has 0 fully saturated rings. The third-order valence-electron chi connectivity index (χ3n) is 3.93. The van der Waals surface area contributed by atoms with Gasteiger partial charge in [-0.3, -0.25) is 14.7 Å². The number of ether oxygens (including phenoxy) is 2. The molecule has 0 aliphatic rings. The van der Waals surface area contributed by atoms with Crippen LogP contribution in [-0.2, 0) is 16.0 Å². The zero-order valence-corrected chi connectivity index (χ0v) is 14.1. The molecule has 2 aromatic heterocycles. The molecule has 0 aliphatic carbocycles. The predicted octanol–water partition coefficient (Wildman–Crippen LogP) is 2.19. The van der Waals surface area contributed by atoms with Crippen LogP contribution >= 0.6 is 0 Å². The highest BCUT2D eigenvalue weighted by atomic mass is 16.5. The molecule has 7 nitrogen and oxygen atoms in total. The third-order valence-corrected chi connectivity index (χ3v) is 3.93. The van der Waals surface area contributed by atoms with E-state index in [0.717, 1.165) is 17.0 Å². The first-order valence-electron chi connectivity index (χ1n) is 7.93. The van der Waals surface area contributed by atoms with Gasteiger partial charge >= 0.3 is 5.97 Å². The topological polar surface area (TPSA) is 85.7 Å². The molecule has 0 amide bonds. The average Bonchev–Trinajstić information content (AvgIpc) is 3.06. The molecule has 3 rings (SSSR count). The summed E-state index contributed by atoms with van der Waals surface area (Å²) in [5.74, 6) is 0.472. The summed E-state index contributed by atoms with van der Waals surface area (Å²) in [4.78, 5) is 28.0. The van der Waals surface area contributed by atoms with Crippen LogP contribution in [-0.4, -0.2) is 34.8 Å². The molecular formula is C18H19N3O4. The summed E-state index contributed by atoms with van der Waals surface area (Å²) in [5, 5.41) is 3.05. The van der Waals surface area contributed by atoms with E-state index in [1.807, 2.05) is 30.3 Å². The van der Waals surface area contributed by atoms with Crippen LogP contribution in [0.1, 0.15) is 18.5 Å². The van der Waals surface area contributed by atoms with Gasteiger partial charge in [0.05, 0.1) is 19.9 Å². The Labute approximate surface area is 144 Å². The Hall–Kier alpha value is -3.09. The second-order valence-electron chi connectivity index (χ2n) is 5.61. The smallest absolute Gasteiger partial charge is 0.305 e. The van der Waals surface area contributed by atoms with Gasteiger partial charge in [0, 0.05) is 29.8 Å². The highest BCUT2D eigenvalue weighted by Gasteiger charge is 2.09. The quantitative estimate of drug-likeness (QED) is 0.695. The molecule has 0 saturated carbocycles. The Kier molecular flexibility index (Phi) is 4.83. The van der Waals surface area contributed by atoms with Crippen molar-refractivity contribution in [2.24, 2.45) is 0 Å². The first-order valence-corrected chi connectivity index (χ1v) is 7.93. The minimum atomic E-state index is -0.264. The van der Waals surface area contributed by atoms with Gasteiger partial charge in [-0.2, -0.15) is 0 Å². The Balaban J connectivity index is 1.88. The van der Waals surface area contributed by atoms with Gasteiger partial charge in [-0.05, 0) is 25.0 Å². The van der Waals surface area contributed by atoms with Crippen molar-refractivity contribution >= 4 is 11.6 Å². The Morgan fingerprint density at radius 3 is 2.84 bits per heavy atom. The maximum Gasteiger partial charge on any atom is 0.305 e. The van der Waals surface area contributed by atoms with Crippen molar-refractivity contribution in [3.8, 4) is 17.0 Å². The summed E-state index contributed by atoms with van der Waals surface area (Å²) in [6.07, 6.45) is 1.43. The lowest BCUT2D eigenvalue weighted by Gasteiger charge is -2.01. The number of hydrogen-bond acceptors (Lipinski definition) is 5. The number of nitrogens with one attached hydrogen (secondary N) is 1. The zero-order chi connectivity index (χ0) is 17.8. The fraction of sp³-hybridized carbons (Fsp3) is 0.278. The van der Waals surface area contributed by atoms with Crippen molar-refractivity contribution in [3.63, 3.8) is 0 Å². The molecule has 0 unspecified atom stereocenters. The lowest BCUT2D eigenvalue weighted by Crippen LogP contribution is -2.15. The fourth-order valence-electron chi connectivity index (χ4n) is 2.62. The van der Waals surface area contributed by atoms with Crippen LogP contribution in [0.15, 0.2) is 41.2 Å². The van der Waals surface area contributed by atoms with Crippen molar-refractivity contribution in [1.29, 1.82) is 0 Å². The number of fused-ring (bicyclic) bond motifs is 1. The molecule has 0 atom stereocenters. The highest BCUT2D eigenvalue weighted by Crippen LogP contribution is 2.23. The molecule has 0 aliphatic heterocycles. The molecule has 2 heterocycles. The lowest BCUT2D eigenvalue weighted by atomic mass is 10.1. The van der Waals surface area contributed by atoms with Gasteiger partial charge in [0.2, 0.25) is 0 Å². The Bertz CT molecular complexity index is 958. The molecule has 0 bridgehead atoms. The van der Waals surface area contributed by atoms with E-state index in [0.29, 0.717) is 30.6 Å². The zero-order valence-electron chi connectivity index (χ0n) is 14.1. The van der Waals surface area contributed by atoms with E-state index in [1.165, 1.54) is 17.7 Å². The molecule has 130 valence electrons. The lowest BCUT2D eigenvalue weighted by molar-refractivity contribution is -0.140. The second kappa shape index (κ2) is 7.21. The first-order chi connectivity index (χ1) is 12.1. The predicted molar refractivity (Wildman–Crippen MR) is 92.8 cm³/mol. The van der Waals surface area contributed by atoms with Crippen LogP contribution < -0.4 is 10.3 Å². The third kappa shape index (κ3) is 3.71. The summed E-state index contributed by atoms with van der Waals surface area (Å²) >= 11 is 0. The van der Waals surface area contributed by atoms with E-state index < -0.39 is 0 Å². The van der Waals surface area contributed by atoms with Gasteiger partial charge in [-0.25, -0.2) is 9.50 Å². The summed E-state index contributed by atoms with van der Waals surface area (Å²) in [7, 11) is 2.97. The Morgan fingerprint density at radius 2 is 2.08 bits per heavy atom. The summed E-state index contributed by atoms with van der Waals surface area (Å²) < 4.78 is 11.2. The average molecular weight is 341 g/mol. The van der Waals surface area contributed by atoms with Gasteiger partial charge in [-0.15, -0.1) is 0 Å². The van der Waals surface area contributed by atoms with E-state index in [9.17, 15) is 9.59 Å². The number of carbonyl (C=O) groups excluding carboxylic acids is 1. The number of rotatable bonds is 6. The van der Waals surface area contributed by atoms with E-state index >= 15 is 0 Å². The van der Waals surface area contributed by atoms with Gasteiger partial charge in [0.1, 0.15) is 5.75 Å². The number of aromatic amines is 1. The minimum Gasteiger partial charge on any atom is -0.497 e. The van der Waals surface area contributed by atoms with Crippen LogP contribution in [0.3, 0.4) is 0 Å². The normalized spacial score (nSPS) is 10.8. The van der Waals surface area contributed by atoms with E-state index in [2.05, 4.69) is 14.8 Å². The molecule has 0 saturated heterocycles. The molecule has 7 heteroatoms. The summed E-state index contributed by atoms with van der Waals surface area (Å²) in [6, 6.07) is 10.8. The van der Waals surface area contributed by atoms with Crippen molar-refractivity contribution < 1.29 is 14.3 Å². The monoisotopic (exact) mass is 341 g/mol. The van der Waals surface area contributed by atoms with Gasteiger partial charge in [0.25, 0.3) is 5.56 Å². The van der Waals surface area contributed by atoms with Gasteiger partial charge in [0.15, 0.2) is 5.65 Å². The number of H-pyrrole nitrogens is 1.